The topological polar surface area (TPSA) is 86.8 Å². The van der Waals surface area contributed by atoms with E-state index in [1.807, 2.05) is 26.8 Å². The molecule has 9 heteroatoms. The van der Waals surface area contributed by atoms with Crippen LogP contribution in [0.4, 0.5) is 5.69 Å². The third-order valence-electron chi connectivity index (χ3n) is 6.45. The number of hydrogen-bond acceptors (Lipinski definition) is 4. The van der Waals surface area contributed by atoms with E-state index in [1.165, 1.54) is 17.0 Å². The maximum absolute atomic E-state index is 14.0. The van der Waals surface area contributed by atoms with E-state index >= 15 is 0 Å². The number of carbonyl (C=O) groups is 2. The predicted molar refractivity (Wildman–Crippen MR) is 156 cm³/mol. The summed E-state index contributed by atoms with van der Waals surface area (Å²) in [6.45, 7) is 5.81. The summed E-state index contributed by atoms with van der Waals surface area (Å²) in [5.41, 5.74) is 1.94. The Kier molecular flexibility index (Phi) is 10.9. The van der Waals surface area contributed by atoms with Crippen molar-refractivity contribution >= 4 is 39.1 Å². The zero-order valence-corrected chi connectivity index (χ0v) is 24.2. The van der Waals surface area contributed by atoms with Gasteiger partial charge in [0.25, 0.3) is 10.0 Å². The molecular formula is C30H36ClN3O4S. The van der Waals surface area contributed by atoms with Gasteiger partial charge in [0, 0.05) is 18.1 Å². The van der Waals surface area contributed by atoms with E-state index in [4.69, 9.17) is 11.6 Å². The average Bonchev–Trinajstić information content (AvgIpc) is 2.93. The molecule has 0 saturated carbocycles. The van der Waals surface area contributed by atoms with Crippen LogP contribution in [0, 0.1) is 6.92 Å². The van der Waals surface area contributed by atoms with E-state index in [9.17, 15) is 18.0 Å². The molecule has 0 aliphatic heterocycles. The molecule has 3 aromatic rings. The highest BCUT2D eigenvalue weighted by Crippen LogP contribution is 2.25. The minimum Gasteiger partial charge on any atom is -0.354 e. The van der Waals surface area contributed by atoms with Gasteiger partial charge in [-0.05, 0) is 55.7 Å². The van der Waals surface area contributed by atoms with Gasteiger partial charge in [0.1, 0.15) is 12.6 Å². The molecule has 0 radical (unpaired) electrons. The second-order valence-corrected chi connectivity index (χ2v) is 11.6. The second kappa shape index (κ2) is 14.1. The van der Waals surface area contributed by atoms with Gasteiger partial charge in [0.05, 0.1) is 10.6 Å². The number of aryl methyl sites for hydroxylation is 1. The van der Waals surface area contributed by atoms with E-state index < -0.39 is 28.5 Å². The summed E-state index contributed by atoms with van der Waals surface area (Å²) < 4.78 is 28.7. The van der Waals surface area contributed by atoms with Gasteiger partial charge in [0.2, 0.25) is 11.8 Å². The summed E-state index contributed by atoms with van der Waals surface area (Å²) in [7, 11) is -4.09. The molecule has 1 atom stereocenters. The minimum absolute atomic E-state index is 0.0609. The van der Waals surface area contributed by atoms with Crippen LogP contribution < -0.4 is 9.62 Å². The quantitative estimate of drug-likeness (QED) is 0.273. The highest BCUT2D eigenvalue weighted by molar-refractivity contribution is 7.92. The lowest BCUT2D eigenvalue weighted by Crippen LogP contribution is -2.52. The molecule has 0 bridgehead atoms. The Labute approximate surface area is 236 Å². The zero-order valence-electron chi connectivity index (χ0n) is 22.6. The highest BCUT2D eigenvalue weighted by atomic mass is 35.5. The van der Waals surface area contributed by atoms with Crippen molar-refractivity contribution in [2.24, 2.45) is 0 Å². The number of unbranched alkanes of at least 4 members (excludes halogenated alkanes) is 1. The van der Waals surface area contributed by atoms with Crippen molar-refractivity contribution in [3.63, 3.8) is 0 Å². The van der Waals surface area contributed by atoms with Crippen molar-refractivity contribution in [1.29, 1.82) is 0 Å². The van der Waals surface area contributed by atoms with E-state index in [0.717, 1.165) is 22.7 Å². The molecule has 0 fully saturated rings. The SMILES string of the molecule is CCCCNC(=O)[C@@H](CC)N(Cc1ccccc1Cl)C(=O)CN(c1ccccc1)S(=O)(=O)c1ccc(C)cc1. The molecule has 0 aliphatic rings. The van der Waals surface area contributed by atoms with Gasteiger partial charge < -0.3 is 10.2 Å². The Morgan fingerprint density at radius 1 is 0.923 bits per heavy atom. The number of nitrogens with zero attached hydrogens (tertiary/aromatic N) is 2. The van der Waals surface area contributed by atoms with Gasteiger partial charge in [-0.1, -0.05) is 86.0 Å². The first-order valence-corrected chi connectivity index (χ1v) is 15.0. The normalized spacial score (nSPS) is 12.0. The number of sulfonamides is 1. The Balaban J connectivity index is 2.02. The molecule has 7 nitrogen and oxygen atoms in total. The minimum atomic E-state index is -4.09. The standard InChI is InChI=1S/C30H36ClN3O4S/c1-4-6-20-32-30(36)28(5-2)33(21-24-12-10-11-15-27(24)31)29(35)22-34(25-13-8-7-9-14-25)39(37,38)26-18-16-23(3)17-19-26/h7-19,28H,4-6,20-22H2,1-3H3,(H,32,36)/t28-/m1/s1. The first kappa shape index (κ1) is 30.2. The summed E-state index contributed by atoms with van der Waals surface area (Å²) in [5.74, 6) is -0.786. The molecule has 2 amide bonds. The van der Waals surface area contributed by atoms with Crippen LogP contribution in [-0.4, -0.2) is 44.3 Å². The molecule has 0 unspecified atom stereocenters. The number of amides is 2. The van der Waals surface area contributed by atoms with Crippen molar-refractivity contribution in [2.75, 3.05) is 17.4 Å². The third kappa shape index (κ3) is 7.83. The molecule has 3 rings (SSSR count). The molecule has 0 saturated heterocycles. The lowest BCUT2D eigenvalue weighted by Gasteiger charge is -2.33. The van der Waals surface area contributed by atoms with Crippen molar-refractivity contribution in [3.8, 4) is 0 Å². The number of hydrogen-bond donors (Lipinski definition) is 1. The lowest BCUT2D eigenvalue weighted by atomic mass is 10.1. The van der Waals surface area contributed by atoms with Crippen LogP contribution >= 0.6 is 11.6 Å². The van der Waals surface area contributed by atoms with Crippen LogP contribution in [0.2, 0.25) is 5.02 Å². The largest absolute Gasteiger partial charge is 0.354 e. The van der Waals surface area contributed by atoms with E-state index in [2.05, 4.69) is 5.32 Å². The van der Waals surface area contributed by atoms with Crippen molar-refractivity contribution in [3.05, 3.63) is 95.0 Å². The van der Waals surface area contributed by atoms with E-state index in [-0.39, 0.29) is 17.3 Å². The van der Waals surface area contributed by atoms with Gasteiger partial charge in [0.15, 0.2) is 0 Å². The highest BCUT2D eigenvalue weighted by Gasteiger charge is 2.33. The Morgan fingerprint density at radius 2 is 1.56 bits per heavy atom. The Hall–Kier alpha value is -3.36. The van der Waals surface area contributed by atoms with Gasteiger partial charge in [-0.15, -0.1) is 0 Å². The number of rotatable bonds is 13. The summed E-state index contributed by atoms with van der Waals surface area (Å²) >= 11 is 6.43. The summed E-state index contributed by atoms with van der Waals surface area (Å²) in [5, 5.41) is 3.38. The average molecular weight is 570 g/mol. The number of para-hydroxylation sites is 1. The number of anilines is 1. The maximum Gasteiger partial charge on any atom is 0.264 e. The Morgan fingerprint density at radius 3 is 2.18 bits per heavy atom. The Bertz CT molecular complexity index is 1350. The smallest absolute Gasteiger partial charge is 0.264 e. The molecule has 3 aromatic carbocycles. The fraction of sp³-hybridized carbons (Fsp3) is 0.333. The fourth-order valence-electron chi connectivity index (χ4n) is 4.20. The summed E-state index contributed by atoms with van der Waals surface area (Å²) in [6, 6.07) is 21.3. The van der Waals surface area contributed by atoms with Crippen LogP contribution in [-0.2, 0) is 26.2 Å². The summed E-state index contributed by atoms with van der Waals surface area (Å²) in [6.07, 6.45) is 2.09. The molecule has 0 spiro atoms. The molecule has 39 heavy (non-hydrogen) atoms. The third-order valence-corrected chi connectivity index (χ3v) is 8.60. The van der Waals surface area contributed by atoms with Crippen LogP contribution in [0.15, 0.2) is 83.8 Å². The number of nitrogens with one attached hydrogen (secondary N) is 1. The molecule has 0 heterocycles. The zero-order chi connectivity index (χ0) is 28.4. The second-order valence-electron chi connectivity index (χ2n) is 9.34. The number of benzene rings is 3. The molecule has 0 aliphatic carbocycles. The van der Waals surface area contributed by atoms with E-state index in [1.54, 1.807) is 60.7 Å². The molecular weight excluding hydrogens is 534 g/mol. The van der Waals surface area contributed by atoms with Crippen LogP contribution in [0.5, 0.6) is 0 Å². The maximum atomic E-state index is 14.0. The van der Waals surface area contributed by atoms with Crippen molar-refractivity contribution in [1.82, 2.24) is 10.2 Å². The van der Waals surface area contributed by atoms with Crippen LogP contribution in [0.1, 0.15) is 44.2 Å². The molecule has 0 aromatic heterocycles. The van der Waals surface area contributed by atoms with Gasteiger partial charge >= 0.3 is 0 Å². The van der Waals surface area contributed by atoms with Gasteiger partial charge in [-0.2, -0.15) is 0 Å². The molecule has 1 N–H and O–H groups in total. The van der Waals surface area contributed by atoms with Crippen LogP contribution in [0.25, 0.3) is 0 Å². The van der Waals surface area contributed by atoms with Crippen molar-refractivity contribution in [2.45, 2.75) is 57.5 Å². The van der Waals surface area contributed by atoms with Crippen LogP contribution in [0.3, 0.4) is 0 Å². The predicted octanol–water partition coefficient (Wildman–Crippen LogP) is 5.57. The van der Waals surface area contributed by atoms with Gasteiger partial charge in [-0.25, -0.2) is 8.42 Å². The van der Waals surface area contributed by atoms with Gasteiger partial charge in [-0.3, -0.25) is 13.9 Å². The monoisotopic (exact) mass is 569 g/mol. The van der Waals surface area contributed by atoms with E-state index in [0.29, 0.717) is 29.2 Å². The van der Waals surface area contributed by atoms with Crippen molar-refractivity contribution < 1.29 is 18.0 Å². The number of carbonyl (C=O) groups excluding carboxylic acids is 2. The number of halogens is 1. The molecule has 208 valence electrons. The summed E-state index contributed by atoms with van der Waals surface area (Å²) in [4.78, 5) is 28.7. The fourth-order valence-corrected chi connectivity index (χ4v) is 5.81. The first-order chi connectivity index (χ1) is 18.7. The first-order valence-electron chi connectivity index (χ1n) is 13.1. The lowest BCUT2D eigenvalue weighted by molar-refractivity contribution is -0.140.